The van der Waals surface area contributed by atoms with E-state index in [1.807, 2.05) is 0 Å². The largest absolute Gasteiger partial charge is 0.393 e. The van der Waals surface area contributed by atoms with E-state index in [0.29, 0.717) is 4.99 Å². The second-order valence-electron chi connectivity index (χ2n) is 5.90. The number of nitrogens with two attached hydrogens (primary N) is 1. The monoisotopic (exact) mass is 272 g/mol. The zero-order valence-corrected chi connectivity index (χ0v) is 13.6. The summed E-state index contributed by atoms with van der Waals surface area (Å²) in [6.45, 7) is 12.5. The van der Waals surface area contributed by atoms with Crippen molar-refractivity contribution < 1.29 is 0 Å². The number of thiocarbonyl (C=S) groups is 1. The topological polar surface area (TPSA) is 29.3 Å². The van der Waals surface area contributed by atoms with Crippen LogP contribution in [0, 0.1) is 5.41 Å². The zero-order valence-electron chi connectivity index (χ0n) is 12.8. The van der Waals surface area contributed by atoms with Crippen LogP contribution in [0.15, 0.2) is 0 Å². The Morgan fingerprint density at radius 1 is 1.00 bits per heavy atom. The summed E-state index contributed by atoms with van der Waals surface area (Å²) in [7, 11) is 0. The van der Waals surface area contributed by atoms with Crippen LogP contribution < -0.4 is 5.73 Å². The van der Waals surface area contributed by atoms with Gasteiger partial charge in [-0.25, -0.2) is 0 Å². The van der Waals surface area contributed by atoms with Crippen LogP contribution in [0.25, 0.3) is 0 Å². The Bertz CT molecular complexity index is 219. The third kappa shape index (κ3) is 8.04. The first kappa shape index (κ1) is 17.8. The molecular formula is C15H32N2S. The molecule has 18 heavy (non-hydrogen) atoms. The predicted octanol–water partition coefficient (Wildman–Crippen LogP) is 3.98. The van der Waals surface area contributed by atoms with E-state index in [2.05, 4.69) is 32.6 Å². The molecule has 0 spiro atoms. The highest BCUT2D eigenvalue weighted by molar-refractivity contribution is 7.80. The van der Waals surface area contributed by atoms with Crippen LogP contribution in [0.5, 0.6) is 0 Å². The highest BCUT2D eigenvalue weighted by atomic mass is 32.1. The summed E-state index contributed by atoms with van der Waals surface area (Å²) in [6.07, 6.45) is 7.46. The number of hydrogen-bond donors (Lipinski definition) is 1. The van der Waals surface area contributed by atoms with Gasteiger partial charge in [0.2, 0.25) is 0 Å². The lowest BCUT2D eigenvalue weighted by Crippen LogP contribution is -2.32. The molecule has 0 aromatic heterocycles. The fraction of sp³-hybridized carbons (Fsp3) is 0.933. The Morgan fingerprint density at radius 2 is 1.44 bits per heavy atom. The van der Waals surface area contributed by atoms with E-state index in [4.69, 9.17) is 18.0 Å². The van der Waals surface area contributed by atoms with Gasteiger partial charge in [0.15, 0.2) is 0 Å². The summed E-state index contributed by atoms with van der Waals surface area (Å²) in [5.74, 6) is 0. The highest BCUT2D eigenvalue weighted by Gasteiger charge is 2.20. The van der Waals surface area contributed by atoms with E-state index >= 15 is 0 Å². The van der Waals surface area contributed by atoms with Gasteiger partial charge < -0.3 is 10.6 Å². The van der Waals surface area contributed by atoms with Crippen LogP contribution in [-0.2, 0) is 0 Å². The van der Waals surface area contributed by atoms with Gasteiger partial charge in [0.05, 0.1) is 4.99 Å². The lowest BCUT2D eigenvalue weighted by molar-refractivity contribution is 0.250. The minimum atomic E-state index is 0.0104. The van der Waals surface area contributed by atoms with Gasteiger partial charge in [-0.05, 0) is 45.3 Å². The maximum atomic E-state index is 5.77. The first-order valence-corrected chi connectivity index (χ1v) is 7.87. The van der Waals surface area contributed by atoms with Crippen molar-refractivity contribution in [1.29, 1.82) is 0 Å². The lowest BCUT2D eigenvalue weighted by Gasteiger charge is -2.26. The first-order valence-electron chi connectivity index (χ1n) is 7.46. The molecule has 0 radical (unpaired) electrons. The minimum absolute atomic E-state index is 0.0104. The van der Waals surface area contributed by atoms with E-state index in [-0.39, 0.29) is 5.41 Å². The fourth-order valence-corrected chi connectivity index (χ4v) is 2.07. The molecule has 3 heteroatoms. The molecule has 2 N–H and O–H groups in total. The van der Waals surface area contributed by atoms with Gasteiger partial charge in [-0.1, -0.05) is 52.8 Å². The van der Waals surface area contributed by atoms with Gasteiger partial charge in [0.25, 0.3) is 0 Å². The molecule has 0 atom stereocenters. The SMILES string of the molecule is CCCCN(CCCC)CCCC(C)(C)C(N)=S. The Balaban J connectivity index is 3.97. The molecule has 0 saturated carbocycles. The van der Waals surface area contributed by atoms with Crippen LogP contribution in [0.4, 0.5) is 0 Å². The molecule has 108 valence electrons. The van der Waals surface area contributed by atoms with Crippen LogP contribution >= 0.6 is 12.2 Å². The van der Waals surface area contributed by atoms with Gasteiger partial charge in [-0.15, -0.1) is 0 Å². The third-order valence-electron chi connectivity index (χ3n) is 3.60. The summed E-state index contributed by atoms with van der Waals surface area (Å²) in [5.41, 5.74) is 5.78. The summed E-state index contributed by atoms with van der Waals surface area (Å²) >= 11 is 5.11. The Morgan fingerprint density at radius 3 is 1.83 bits per heavy atom. The maximum Gasteiger partial charge on any atom is 0.0784 e. The normalized spacial score (nSPS) is 12.1. The van der Waals surface area contributed by atoms with Crippen molar-refractivity contribution in [1.82, 2.24) is 4.90 Å². The summed E-state index contributed by atoms with van der Waals surface area (Å²) in [5, 5.41) is 0. The standard InChI is InChI=1S/C15H32N2S/c1-5-7-11-17(12-8-6-2)13-9-10-15(3,4)14(16)18/h5-13H2,1-4H3,(H2,16,18). The lowest BCUT2D eigenvalue weighted by atomic mass is 9.88. The maximum absolute atomic E-state index is 5.77. The average Bonchev–Trinajstić information content (AvgIpc) is 2.31. The van der Waals surface area contributed by atoms with Crippen molar-refractivity contribution in [2.45, 2.75) is 66.2 Å². The van der Waals surface area contributed by atoms with E-state index in [0.717, 1.165) is 6.42 Å². The smallest absolute Gasteiger partial charge is 0.0784 e. The van der Waals surface area contributed by atoms with Crippen LogP contribution in [0.2, 0.25) is 0 Å². The second kappa shape index (κ2) is 9.74. The molecule has 0 aliphatic carbocycles. The first-order chi connectivity index (χ1) is 8.44. The van der Waals surface area contributed by atoms with E-state index < -0.39 is 0 Å². The Kier molecular flexibility index (Phi) is 9.66. The Hall–Kier alpha value is -0.150. The van der Waals surface area contributed by atoms with E-state index in [1.54, 1.807) is 0 Å². The molecular weight excluding hydrogens is 240 g/mol. The quantitative estimate of drug-likeness (QED) is 0.577. The molecule has 0 aromatic rings. The van der Waals surface area contributed by atoms with Crippen molar-refractivity contribution in [3.63, 3.8) is 0 Å². The summed E-state index contributed by atoms with van der Waals surface area (Å²) in [6, 6.07) is 0. The highest BCUT2D eigenvalue weighted by Crippen LogP contribution is 2.22. The average molecular weight is 273 g/mol. The van der Waals surface area contributed by atoms with Gasteiger partial charge in [-0.2, -0.15) is 0 Å². The number of hydrogen-bond acceptors (Lipinski definition) is 2. The number of rotatable bonds is 11. The van der Waals surface area contributed by atoms with Gasteiger partial charge in [0, 0.05) is 5.41 Å². The second-order valence-corrected chi connectivity index (χ2v) is 6.34. The summed E-state index contributed by atoms with van der Waals surface area (Å²) < 4.78 is 0. The van der Waals surface area contributed by atoms with Crippen molar-refractivity contribution in [2.75, 3.05) is 19.6 Å². The van der Waals surface area contributed by atoms with E-state index in [1.165, 1.54) is 51.7 Å². The fourth-order valence-electron chi connectivity index (χ4n) is 1.97. The molecule has 0 amide bonds. The van der Waals surface area contributed by atoms with Crippen molar-refractivity contribution in [2.24, 2.45) is 11.1 Å². The number of nitrogens with zero attached hydrogens (tertiary/aromatic N) is 1. The van der Waals surface area contributed by atoms with Crippen molar-refractivity contribution in [3.05, 3.63) is 0 Å². The molecule has 0 fully saturated rings. The molecule has 0 aliphatic heterocycles. The molecule has 0 aliphatic rings. The molecule has 2 nitrogen and oxygen atoms in total. The van der Waals surface area contributed by atoms with Gasteiger partial charge >= 0.3 is 0 Å². The van der Waals surface area contributed by atoms with Crippen LogP contribution in [-0.4, -0.2) is 29.5 Å². The molecule has 0 saturated heterocycles. The van der Waals surface area contributed by atoms with Crippen molar-refractivity contribution >= 4 is 17.2 Å². The summed E-state index contributed by atoms with van der Waals surface area (Å²) in [4.78, 5) is 3.25. The Labute approximate surface area is 119 Å². The molecule has 0 rings (SSSR count). The number of unbranched alkanes of at least 4 members (excludes halogenated alkanes) is 2. The van der Waals surface area contributed by atoms with Gasteiger partial charge in [0.1, 0.15) is 0 Å². The zero-order chi connectivity index (χ0) is 14.0. The molecule has 0 unspecified atom stereocenters. The molecule has 0 heterocycles. The molecule has 0 aromatic carbocycles. The van der Waals surface area contributed by atoms with Crippen LogP contribution in [0.3, 0.4) is 0 Å². The predicted molar refractivity (Wildman–Crippen MR) is 86.1 cm³/mol. The van der Waals surface area contributed by atoms with E-state index in [9.17, 15) is 0 Å². The van der Waals surface area contributed by atoms with Crippen LogP contribution in [0.1, 0.15) is 66.2 Å². The minimum Gasteiger partial charge on any atom is -0.393 e. The van der Waals surface area contributed by atoms with Crippen molar-refractivity contribution in [3.8, 4) is 0 Å². The molecule has 0 bridgehead atoms. The van der Waals surface area contributed by atoms with Gasteiger partial charge in [-0.3, -0.25) is 0 Å². The third-order valence-corrected chi connectivity index (χ3v) is 4.15.